The standard InChI is InChI=1S/C14H11NO3/c16-12(10-5-2-1-3-6-10)14(18)13(17)11-7-4-8-15-9-11/h1-9,17-18H. The molecule has 2 aromatic rings. The number of Topliss-reactive ketones (excluding diaryl/α,β-unsaturated/α-hetero) is 1. The lowest BCUT2D eigenvalue weighted by atomic mass is 10.1. The van der Waals surface area contributed by atoms with Gasteiger partial charge in [0.2, 0.25) is 11.5 Å². The highest BCUT2D eigenvalue weighted by molar-refractivity contribution is 6.10. The topological polar surface area (TPSA) is 70.4 Å². The monoisotopic (exact) mass is 241 g/mol. The minimum atomic E-state index is -0.686. The zero-order valence-corrected chi connectivity index (χ0v) is 9.45. The lowest BCUT2D eigenvalue weighted by Gasteiger charge is -2.04. The van der Waals surface area contributed by atoms with Crippen molar-refractivity contribution in [2.45, 2.75) is 0 Å². The van der Waals surface area contributed by atoms with E-state index in [9.17, 15) is 15.0 Å². The van der Waals surface area contributed by atoms with Gasteiger partial charge >= 0.3 is 0 Å². The number of rotatable bonds is 3. The van der Waals surface area contributed by atoms with Gasteiger partial charge in [0.1, 0.15) is 0 Å². The van der Waals surface area contributed by atoms with Crippen LogP contribution in [0.2, 0.25) is 0 Å². The summed E-state index contributed by atoms with van der Waals surface area (Å²) >= 11 is 0. The molecule has 0 radical (unpaired) electrons. The van der Waals surface area contributed by atoms with Crippen LogP contribution in [0.4, 0.5) is 0 Å². The van der Waals surface area contributed by atoms with Crippen molar-refractivity contribution < 1.29 is 15.0 Å². The first kappa shape index (κ1) is 11.9. The second kappa shape index (κ2) is 5.14. The molecule has 4 nitrogen and oxygen atoms in total. The molecule has 0 saturated heterocycles. The van der Waals surface area contributed by atoms with Crippen molar-refractivity contribution in [3.8, 4) is 0 Å². The minimum absolute atomic E-state index is 0.291. The van der Waals surface area contributed by atoms with Crippen LogP contribution in [0.25, 0.3) is 5.76 Å². The van der Waals surface area contributed by atoms with E-state index in [0.29, 0.717) is 11.1 Å². The number of nitrogens with zero attached hydrogens (tertiary/aromatic N) is 1. The number of benzene rings is 1. The summed E-state index contributed by atoms with van der Waals surface area (Å²) in [5, 5.41) is 19.5. The van der Waals surface area contributed by atoms with Crippen LogP contribution in [0.5, 0.6) is 0 Å². The fraction of sp³-hybridized carbons (Fsp3) is 0. The van der Waals surface area contributed by atoms with Crippen LogP contribution in [0.15, 0.2) is 60.6 Å². The summed E-state index contributed by atoms with van der Waals surface area (Å²) in [5.41, 5.74) is 0.602. The molecular formula is C14H11NO3. The number of hydrogen-bond acceptors (Lipinski definition) is 4. The molecule has 90 valence electrons. The first-order valence-electron chi connectivity index (χ1n) is 5.32. The quantitative estimate of drug-likeness (QED) is 0.492. The highest BCUT2D eigenvalue weighted by atomic mass is 16.3. The highest BCUT2D eigenvalue weighted by Crippen LogP contribution is 2.16. The van der Waals surface area contributed by atoms with Gasteiger partial charge in [-0.3, -0.25) is 9.78 Å². The summed E-state index contributed by atoms with van der Waals surface area (Å²) in [6.07, 6.45) is 2.90. The zero-order valence-electron chi connectivity index (χ0n) is 9.45. The second-order valence-electron chi connectivity index (χ2n) is 3.63. The smallest absolute Gasteiger partial charge is 0.231 e. The zero-order chi connectivity index (χ0) is 13.0. The summed E-state index contributed by atoms with van der Waals surface area (Å²) < 4.78 is 0. The molecule has 2 N–H and O–H groups in total. The maximum absolute atomic E-state index is 11.9. The van der Waals surface area contributed by atoms with E-state index >= 15 is 0 Å². The van der Waals surface area contributed by atoms with E-state index in [2.05, 4.69) is 4.98 Å². The SMILES string of the molecule is O=C(C(O)=C(O)c1cccnc1)c1ccccc1. The Kier molecular flexibility index (Phi) is 3.38. The van der Waals surface area contributed by atoms with Gasteiger partial charge in [-0.2, -0.15) is 0 Å². The van der Waals surface area contributed by atoms with Crippen LogP contribution in [0.3, 0.4) is 0 Å². The molecule has 0 spiro atoms. The van der Waals surface area contributed by atoms with Crippen LogP contribution in [-0.2, 0) is 0 Å². The molecular weight excluding hydrogens is 230 g/mol. The third-order valence-electron chi connectivity index (χ3n) is 2.41. The first-order valence-corrected chi connectivity index (χ1v) is 5.32. The van der Waals surface area contributed by atoms with Gasteiger partial charge in [-0.05, 0) is 12.1 Å². The van der Waals surface area contributed by atoms with E-state index in [-0.39, 0.29) is 0 Å². The summed E-state index contributed by atoms with van der Waals surface area (Å²) in [7, 11) is 0. The van der Waals surface area contributed by atoms with Crippen molar-refractivity contribution >= 4 is 11.5 Å². The van der Waals surface area contributed by atoms with E-state index in [1.54, 1.807) is 42.5 Å². The Morgan fingerprint density at radius 2 is 1.61 bits per heavy atom. The third-order valence-corrected chi connectivity index (χ3v) is 2.41. The number of hydrogen-bond donors (Lipinski definition) is 2. The Morgan fingerprint density at radius 3 is 2.22 bits per heavy atom. The molecule has 4 heteroatoms. The van der Waals surface area contributed by atoms with Crippen molar-refractivity contribution in [1.82, 2.24) is 4.98 Å². The van der Waals surface area contributed by atoms with E-state index in [1.807, 2.05) is 0 Å². The molecule has 0 aliphatic carbocycles. The Morgan fingerprint density at radius 1 is 0.944 bits per heavy atom. The summed E-state index contributed by atoms with van der Waals surface area (Å²) in [4.78, 5) is 15.7. The van der Waals surface area contributed by atoms with Gasteiger partial charge in [0.05, 0.1) is 0 Å². The van der Waals surface area contributed by atoms with Gasteiger partial charge in [0, 0.05) is 23.5 Å². The third kappa shape index (κ3) is 2.38. The van der Waals surface area contributed by atoms with Crippen LogP contribution in [0, 0.1) is 0 Å². The van der Waals surface area contributed by atoms with Gasteiger partial charge in [-0.25, -0.2) is 0 Å². The fourth-order valence-corrected chi connectivity index (χ4v) is 1.47. The molecule has 1 aromatic heterocycles. The van der Waals surface area contributed by atoms with Crippen LogP contribution >= 0.6 is 0 Å². The van der Waals surface area contributed by atoms with Crippen molar-refractivity contribution in [3.63, 3.8) is 0 Å². The molecule has 0 aliphatic rings. The number of pyridine rings is 1. The minimum Gasteiger partial charge on any atom is -0.504 e. The second-order valence-corrected chi connectivity index (χ2v) is 3.63. The molecule has 0 aliphatic heterocycles. The Labute approximate surface area is 104 Å². The normalized spacial score (nSPS) is 11.8. The molecule has 0 saturated carbocycles. The largest absolute Gasteiger partial charge is 0.504 e. The number of aromatic nitrogens is 1. The summed E-state index contributed by atoms with van der Waals surface area (Å²) in [6.45, 7) is 0. The summed E-state index contributed by atoms with van der Waals surface area (Å²) in [6, 6.07) is 11.4. The van der Waals surface area contributed by atoms with Crippen LogP contribution in [-0.4, -0.2) is 21.0 Å². The lowest BCUT2D eigenvalue weighted by molar-refractivity contribution is 0.0975. The lowest BCUT2D eigenvalue weighted by Crippen LogP contribution is -2.05. The van der Waals surface area contributed by atoms with Crippen LogP contribution in [0.1, 0.15) is 15.9 Å². The molecule has 1 heterocycles. The number of ketones is 1. The van der Waals surface area contributed by atoms with Gasteiger partial charge < -0.3 is 10.2 Å². The molecule has 0 atom stereocenters. The number of aliphatic hydroxyl groups excluding tert-OH is 2. The molecule has 0 unspecified atom stereocenters. The van der Waals surface area contributed by atoms with Crippen molar-refractivity contribution in [1.29, 1.82) is 0 Å². The van der Waals surface area contributed by atoms with Crippen molar-refractivity contribution in [3.05, 3.63) is 71.7 Å². The van der Waals surface area contributed by atoms with E-state index < -0.39 is 17.3 Å². The molecule has 1 aromatic carbocycles. The van der Waals surface area contributed by atoms with Crippen LogP contribution < -0.4 is 0 Å². The number of aliphatic hydroxyl groups is 2. The number of carbonyl (C=O) groups is 1. The van der Waals surface area contributed by atoms with Crippen molar-refractivity contribution in [2.24, 2.45) is 0 Å². The molecule has 2 rings (SSSR count). The predicted molar refractivity (Wildman–Crippen MR) is 67.2 cm³/mol. The molecule has 18 heavy (non-hydrogen) atoms. The van der Waals surface area contributed by atoms with E-state index in [4.69, 9.17) is 0 Å². The Balaban J connectivity index is 2.37. The van der Waals surface area contributed by atoms with Gasteiger partial charge in [0.15, 0.2) is 5.76 Å². The van der Waals surface area contributed by atoms with Gasteiger partial charge in [0.25, 0.3) is 0 Å². The maximum Gasteiger partial charge on any atom is 0.231 e. The van der Waals surface area contributed by atoms with Gasteiger partial charge in [-0.15, -0.1) is 0 Å². The molecule has 0 amide bonds. The summed E-state index contributed by atoms with van der Waals surface area (Å²) in [5.74, 6) is -1.79. The first-order chi connectivity index (χ1) is 8.70. The van der Waals surface area contributed by atoms with E-state index in [1.165, 1.54) is 12.4 Å². The van der Waals surface area contributed by atoms with E-state index in [0.717, 1.165) is 0 Å². The maximum atomic E-state index is 11.9. The molecule has 0 fully saturated rings. The fourth-order valence-electron chi connectivity index (χ4n) is 1.47. The average Bonchev–Trinajstić information content (AvgIpc) is 2.47. The van der Waals surface area contributed by atoms with Crippen molar-refractivity contribution in [2.75, 3.05) is 0 Å². The van der Waals surface area contributed by atoms with Gasteiger partial charge in [-0.1, -0.05) is 30.3 Å². The average molecular weight is 241 g/mol. The highest BCUT2D eigenvalue weighted by Gasteiger charge is 2.16. The number of carbonyl (C=O) groups excluding carboxylic acids is 1. The Hall–Kier alpha value is -2.62. The molecule has 0 bridgehead atoms. The Bertz CT molecular complexity index is 577. The predicted octanol–water partition coefficient (Wildman–Crippen LogP) is 2.75. The number of allylic oxidation sites excluding steroid dienone is 1.